The molecule has 0 bridgehead atoms. The number of nitrogens with zero attached hydrogens (tertiary/aromatic N) is 1. The van der Waals surface area contributed by atoms with Crippen LogP contribution in [0.25, 0.3) is 0 Å². The van der Waals surface area contributed by atoms with Gasteiger partial charge in [-0.25, -0.2) is 4.39 Å². The van der Waals surface area contributed by atoms with Crippen LogP contribution in [0.1, 0.15) is 18.4 Å². The third-order valence-corrected chi connectivity index (χ3v) is 5.02. The van der Waals surface area contributed by atoms with E-state index in [2.05, 4.69) is 10.2 Å². The molecule has 1 aromatic carbocycles. The van der Waals surface area contributed by atoms with Crippen LogP contribution in [-0.4, -0.2) is 60.4 Å². The third kappa shape index (κ3) is 4.25. The minimum Gasteiger partial charge on any atom is -0.396 e. The zero-order chi connectivity index (χ0) is 17.1. The van der Waals surface area contributed by atoms with E-state index in [1.54, 1.807) is 6.07 Å². The van der Waals surface area contributed by atoms with E-state index in [-0.39, 0.29) is 36.1 Å². The monoisotopic (exact) mass is 356 g/mol. The highest BCUT2D eigenvalue weighted by atomic mass is 35.5. The SMILES string of the molecule is O=C(Cc1ccc(F)cc1Cl)N[C@H]1C[C@H]2CO[C@@H](CCO)CN2C1. The summed E-state index contributed by atoms with van der Waals surface area (Å²) >= 11 is 5.97. The summed E-state index contributed by atoms with van der Waals surface area (Å²) in [5, 5.41) is 12.3. The van der Waals surface area contributed by atoms with Crippen molar-refractivity contribution in [2.75, 3.05) is 26.3 Å². The van der Waals surface area contributed by atoms with Crippen molar-refractivity contribution >= 4 is 17.5 Å². The van der Waals surface area contributed by atoms with E-state index < -0.39 is 5.82 Å². The molecule has 2 fully saturated rings. The predicted octanol–water partition coefficient (Wildman–Crippen LogP) is 1.36. The van der Waals surface area contributed by atoms with Crippen LogP contribution >= 0.6 is 11.6 Å². The lowest BCUT2D eigenvalue weighted by Crippen LogP contribution is -2.46. The van der Waals surface area contributed by atoms with Crippen LogP contribution in [0, 0.1) is 5.82 Å². The van der Waals surface area contributed by atoms with Crippen LogP contribution in [0.2, 0.25) is 5.02 Å². The number of nitrogens with one attached hydrogen (secondary N) is 1. The van der Waals surface area contributed by atoms with Gasteiger partial charge in [0, 0.05) is 36.8 Å². The van der Waals surface area contributed by atoms with Gasteiger partial charge in [-0.3, -0.25) is 9.69 Å². The van der Waals surface area contributed by atoms with Gasteiger partial charge < -0.3 is 15.2 Å². The summed E-state index contributed by atoms with van der Waals surface area (Å²) in [6.07, 6.45) is 1.71. The van der Waals surface area contributed by atoms with Gasteiger partial charge in [0.25, 0.3) is 0 Å². The highest BCUT2D eigenvalue weighted by molar-refractivity contribution is 6.31. The lowest BCUT2D eigenvalue weighted by atomic mass is 10.1. The molecular formula is C17H22ClFN2O3. The molecule has 0 aromatic heterocycles. The molecule has 5 nitrogen and oxygen atoms in total. The van der Waals surface area contributed by atoms with Crippen molar-refractivity contribution in [1.82, 2.24) is 10.2 Å². The summed E-state index contributed by atoms with van der Waals surface area (Å²) in [6.45, 7) is 2.35. The van der Waals surface area contributed by atoms with Gasteiger partial charge in [-0.05, 0) is 30.5 Å². The van der Waals surface area contributed by atoms with Crippen LogP contribution in [0.5, 0.6) is 0 Å². The molecule has 24 heavy (non-hydrogen) atoms. The molecule has 132 valence electrons. The number of aliphatic hydroxyl groups excluding tert-OH is 1. The van der Waals surface area contributed by atoms with E-state index in [0.29, 0.717) is 24.6 Å². The second-order valence-electron chi connectivity index (χ2n) is 6.49. The average molecular weight is 357 g/mol. The average Bonchev–Trinajstić information content (AvgIpc) is 2.92. The minimum atomic E-state index is -0.408. The second kappa shape index (κ2) is 7.78. The summed E-state index contributed by atoms with van der Waals surface area (Å²) in [4.78, 5) is 14.6. The molecule has 2 aliphatic heterocycles. The van der Waals surface area contributed by atoms with Crippen molar-refractivity contribution < 1.29 is 19.0 Å². The topological polar surface area (TPSA) is 61.8 Å². The number of hydrogen-bond acceptors (Lipinski definition) is 4. The number of ether oxygens (including phenoxy) is 1. The third-order valence-electron chi connectivity index (χ3n) is 4.67. The van der Waals surface area contributed by atoms with Crippen molar-refractivity contribution in [3.63, 3.8) is 0 Å². The Hall–Kier alpha value is -1.21. The molecule has 2 heterocycles. The maximum atomic E-state index is 13.1. The van der Waals surface area contributed by atoms with Gasteiger partial charge in [0.1, 0.15) is 5.82 Å². The first kappa shape index (κ1) is 17.6. The van der Waals surface area contributed by atoms with E-state index in [4.69, 9.17) is 21.4 Å². The second-order valence-corrected chi connectivity index (χ2v) is 6.90. The maximum Gasteiger partial charge on any atom is 0.224 e. The number of carbonyl (C=O) groups excluding carboxylic acids is 1. The molecule has 0 saturated carbocycles. The fourth-order valence-corrected chi connectivity index (χ4v) is 3.72. The maximum absolute atomic E-state index is 13.1. The van der Waals surface area contributed by atoms with Gasteiger partial charge in [-0.1, -0.05) is 17.7 Å². The van der Waals surface area contributed by atoms with E-state index in [9.17, 15) is 9.18 Å². The normalized spacial score (nSPS) is 27.0. The summed E-state index contributed by atoms with van der Waals surface area (Å²) in [7, 11) is 0. The van der Waals surface area contributed by atoms with Crippen LogP contribution in [-0.2, 0) is 16.0 Å². The molecule has 0 radical (unpaired) electrons. The molecule has 0 unspecified atom stereocenters. The first-order valence-electron chi connectivity index (χ1n) is 8.25. The minimum absolute atomic E-state index is 0.0683. The number of aliphatic hydroxyl groups is 1. The quantitative estimate of drug-likeness (QED) is 0.836. The number of fused-ring (bicyclic) bond motifs is 1. The highest BCUT2D eigenvalue weighted by Crippen LogP contribution is 2.24. The van der Waals surface area contributed by atoms with Gasteiger partial charge in [-0.2, -0.15) is 0 Å². The van der Waals surface area contributed by atoms with E-state index in [1.807, 2.05) is 0 Å². The lowest BCUT2D eigenvalue weighted by molar-refractivity contribution is -0.121. The number of halogens is 2. The molecule has 2 N–H and O–H groups in total. The Bertz CT molecular complexity index is 601. The Kier molecular flexibility index (Phi) is 5.71. The number of morpholine rings is 1. The molecule has 0 aliphatic carbocycles. The van der Waals surface area contributed by atoms with E-state index in [1.165, 1.54) is 12.1 Å². The number of carbonyl (C=O) groups is 1. The first-order chi connectivity index (χ1) is 11.5. The van der Waals surface area contributed by atoms with Gasteiger partial charge in [0.05, 0.1) is 19.1 Å². The molecule has 3 atom stereocenters. The van der Waals surface area contributed by atoms with Gasteiger partial charge in [-0.15, -0.1) is 0 Å². The number of rotatable bonds is 5. The standard InChI is InChI=1S/C17H22ClFN2O3/c18-16-6-12(19)2-1-11(16)5-17(23)20-13-7-14-10-24-15(3-4-22)9-21(14)8-13/h1-2,6,13-15,22H,3-5,7-10H2,(H,20,23)/t13-,14-,15-/m0/s1. The van der Waals surface area contributed by atoms with Crippen molar-refractivity contribution in [3.8, 4) is 0 Å². The first-order valence-corrected chi connectivity index (χ1v) is 8.62. The van der Waals surface area contributed by atoms with E-state index >= 15 is 0 Å². The Balaban J connectivity index is 1.51. The van der Waals surface area contributed by atoms with Crippen LogP contribution in [0.4, 0.5) is 4.39 Å². The predicted molar refractivity (Wildman–Crippen MR) is 88.5 cm³/mol. The Morgan fingerprint density at radius 3 is 3.04 bits per heavy atom. The highest BCUT2D eigenvalue weighted by Gasteiger charge is 2.37. The van der Waals surface area contributed by atoms with Crippen LogP contribution < -0.4 is 5.32 Å². The van der Waals surface area contributed by atoms with Crippen LogP contribution in [0.15, 0.2) is 18.2 Å². The Morgan fingerprint density at radius 2 is 2.29 bits per heavy atom. The van der Waals surface area contributed by atoms with Gasteiger partial charge >= 0.3 is 0 Å². The smallest absolute Gasteiger partial charge is 0.224 e. The molecule has 3 rings (SSSR count). The van der Waals surface area contributed by atoms with Crippen molar-refractivity contribution in [1.29, 1.82) is 0 Å². The van der Waals surface area contributed by atoms with Crippen LogP contribution in [0.3, 0.4) is 0 Å². The fraction of sp³-hybridized carbons (Fsp3) is 0.588. The zero-order valence-electron chi connectivity index (χ0n) is 13.4. The van der Waals surface area contributed by atoms with Crippen molar-refractivity contribution in [3.05, 3.63) is 34.6 Å². The Labute approximate surface area is 145 Å². The fourth-order valence-electron chi connectivity index (χ4n) is 3.48. The zero-order valence-corrected chi connectivity index (χ0v) is 14.1. The Morgan fingerprint density at radius 1 is 1.46 bits per heavy atom. The molecule has 2 saturated heterocycles. The van der Waals surface area contributed by atoms with Gasteiger partial charge in [0.15, 0.2) is 0 Å². The molecule has 1 amide bonds. The summed E-state index contributed by atoms with van der Waals surface area (Å²) in [5.74, 6) is -0.518. The largest absolute Gasteiger partial charge is 0.396 e. The van der Waals surface area contributed by atoms with Crippen molar-refractivity contribution in [2.45, 2.75) is 37.5 Å². The number of hydrogen-bond donors (Lipinski definition) is 2. The molecule has 2 aliphatic rings. The summed E-state index contributed by atoms with van der Waals surface area (Å²) < 4.78 is 18.8. The summed E-state index contributed by atoms with van der Waals surface area (Å²) in [5.41, 5.74) is 0.623. The molecule has 0 spiro atoms. The number of amides is 1. The molecule has 1 aromatic rings. The lowest BCUT2D eigenvalue weighted by Gasteiger charge is -2.34. The van der Waals surface area contributed by atoms with Crippen molar-refractivity contribution in [2.24, 2.45) is 0 Å². The molecule has 7 heteroatoms. The summed E-state index contributed by atoms with van der Waals surface area (Å²) in [6, 6.07) is 4.47. The van der Waals surface area contributed by atoms with Gasteiger partial charge in [0.2, 0.25) is 5.91 Å². The molecular weight excluding hydrogens is 335 g/mol. The van der Waals surface area contributed by atoms with E-state index in [0.717, 1.165) is 19.5 Å². The number of benzene rings is 1.